The Balaban J connectivity index is 1.22. The Morgan fingerprint density at radius 3 is 1.68 bits per heavy atom. The van der Waals surface area contributed by atoms with E-state index in [0.29, 0.717) is 29.1 Å². The van der Waals surface area contributed by atoms with Crippen molar-refractivity contribution >= 4 is 24.4 Å². The van der Waals surface area contributed by atoms with Crippen LogP contribution in [0.15, 0.2) is 61.2 Å². The second-order valence-electron chi connectivity index (χ2n) is 8.57. The lowest BCUT2D eigenvalue weighted by molar-refractivity contribution is -0.138. The second kappa shape index (κ2) is 14.1. The maximum absolute atomic E-state index is 12.7. The Morgan fingerprint density at radius 2 is 1.23 bits per heavy atom. The largest absolute Gasteiger partial charge is 0.490 e. The van der Waals surface area contributed by atoms with Gasteiger partial charge in [0.25, 0.3) is 6.47 Å². The van der Waals surface area contributed by atoms with Gasteiger partial charge >= 0.3 is 17.9 Å². The van der Waals surface area contributed by atoms with Crippen LogP contribution >= 0.6 is 0 Å². The molecule has 2 aliphatic rings. The molecule has 2 heterocycles. The molecule has 2 aliphatic heterocycles. The zero-order valence-corrected chi connectivity index (χ0v) is 21.4. The average Bonchev–Trinajstić information content (AvgIpc) is 3.57. The fourth-order valence-corrected chi connectivity index (χ4v) is 4.03. The molecule has 0 amide bonds. The topological polar surface area (TPSA) is 142 Å². The fourth-order valence-electron chi connectivity index (χ4n) is 4.03. The molecule has 0 bridgehead atoms. The van der Waals surface area contributed by atoms with E-state index in [1.54, 1.807) is 48.5 Å². The van der Waals surface area contributed by atoms with Gasteiger partial charge in [0.05, 0.1) is 24.3 Å². The molecule has 0 unspecified atom stereocenters. The molecule has 4 atom stereocenters. The van der Waals surface area contributed by atoms with Crippen LogP contribution in [-0.2, 0) is 38.0 Å². The van der Waals surface area contributed by atoms with Crippen LogP contribution in [-0.4, -0.2) is 88.4 Å². The van der Waals surface area contributed by atoms with E-state index < -0.39 is 42.3 Å². The van der Waals surface area contributed by atoms with Crippen LogP contribution in [0.1, 0.15) is 20.7 Å². The molecule has 2 fully saturated rings. The van der Waals surface area contributed by atoms with Gasteiger partial charge in [-0.3, -0.25) is 4.79 Å². The monoisotopic (exact) mass is 556 g/mol. The molecule has 2 aromatic rings. The van der Waals surface area contributed by atoms with E-state index in [-0.39, 0.29) is 39.6 Å². The number of esters is 3. The van der Waals surface area contributed by atoms with Crippen LogP contribution in [0.5, 0.6) is 11.5 Å². The third kappa shape index (κ3) is 7.58. The first kappa shape index (κ1) is 28.6. The molecule has 212 valence electrons. The van der Waals surface area contributed by atoms with E-state index in [9.17, 15) is 19.2 Å². The number of carbonyl (C=O) groups excluding carboxylic acids is 4. The number of hydrogen-bond acceptors (Lipinski definition) is 12. The van der Waals surface area contributed by atoms with Gasteiger partial charge in [0, 0.05) is 6.08 Å². The van der Waals surface area contributed by atoms with Gasteiger partial charge in [-0.2, -0.15) is 0 Å². The zero-order chi connectivity index (χ0) is 28.3. The lowest BCUT2D eigenvalue weighted by Crippen LogP contribution is -2.36. The maximum atomic E-state index is 12.7. The lowest BCUT2D eigenvalue weighted by Gasteiger charge is -2.17. The minimum Gasteiger partial charge on any atom is -0.490 e. The summed E-state index contributed by atoms with van der Waals surface area (Å²) in [4.78, 5) is 46.5. The van der Waals surface area contributed by atoms with Crippen LogP contribution in [0, 0.1) is 0 Å². The summed E-state index contributed by atoms with van der Waals surface area (Å²) in [7, 11) is 0. The normalized spacial score (nSPS) is 21.0. The van der Waals surface area contributed by atoms with Gasteiger partial charge in [-0.25, -0.2) is 14.4 Å². The predicted molar refractivity (Wildman–Crippen MR) is 135 cm³/mol. The van der Waals surface area contributed by atoms with Crippen molar-refractivity contribution in [2.75, 3.05) is 39.6 Å². The molecular formula is C28H28O12. The van der Waals surface area contributed by atoms with Crippen molar-refractivity contribution in [1.29, 1.82) is 0 Å². The first-order valence-corrected chi connectivity index (χ1v) is 12.4. The van der Waals surface area contributed by atoms with Crippen molar-refractivity contribution in [2.24, 2.45) is 0 Å². The molecule has 4 rings (SSSR count). The minimum absolute atomic E-state index is 0.0663. The Morgan fingerprint density at radius 1 is 0.750 bits per heavy atom. The summed E-state index contributed by atoms with van der Waals surface area (Å²) in [6, 6.07) is 12.6. The molecule has 0 radical (unpaired) electrons. The Hall–Kier alpha value is -4.42. The smallest absolute Gasteiger partial charge is 0.338 e. The van der Waals surface area contributed by atoms with E-state index >= 15 is 0 Å². The van der Waals surface area contributed by atoms with Crippen LogP contribution in [0.3, 0.4) is 0 Å². The highest BCUT2D eigenvalue weighted by atomic mass is 16.7. The molecule has 0 saturated carbocycles. The summed E-state index contributed by atoms with van der Waals surface area (Å²) < 4.78 is 43.0. The van der Waals surface area contributed by atoms with Crippen molar-refractivity contribution < 1.29 is 57.1 Å². The van der Waals surface area contributed by atoms with Gasteiger partial charge in [-0.05, 0) is 48.5 Å². The van der Waals surface area contributed by atoms with Crippen LogP contribution in [0.25, 0.3) is 0 Å². The molecule has 0 aliphatic carbocycles. The fraction of sp³-hybridized carbons (Fsp3) is 0.357. The van der Waals surface area contributed by atoms with Crippen molar-refractivity contribution in [3.63, 3.8) is 0 Å². The van der Waals surface area contributed by atoms with E-state index in [1.165, 1.54) is 0 Å². The van der Waals surface area contributed by atoms with Gasteiger partial charge in [-0.15, -0.1) is 0 Å². The van der Waals surface area contributed by atoms with Crippen LogP contribution in [0.2, 0.25) is 0 Å². The van der Waals surface area contributed by atoms with Crippen molar-refractivity contribution in [3.8, 4) is 11.5 Å². The lowest BCUT2D eigenvalue weighted by atomic mass is 10.1. The first-order valence-electron chi connectivity index (χ1n) is 12.4. The van der Waals surface area contributed by atoms with Crippen LogP contribution in [0.4, 0.5) is 0 Å². The number of ether oxygens (including phenoxy) is 8. The van der Waals surface area contributed by atoms with Crippen molar-refractivity contribution in [2.45, 2.75) is 24.4 Å². The van der Waals surface area contributed by atoms with Crippen molar-refractivity contribution in [3.05, 3.63) is 72.3 Å². The second-order valence-corrected chi connectivity index (χ2v) is 8.57. The molecular weight excluding hydrogens is 528 g/mol. The molecule has 0 spiro atoms. The molecule has 12 heteroatoms. The van der Waals surface area contributed by atoms with Gasteiger partial charge in [0.1, 0.15) is 50.1 Å². The third-order valence-electron chi connectivity index (χ3n) is 5.96. The van der Waals surface area contributed by atoms with E-state index in [4.69, 9.17) is 33.2 Å². The number of rotatable bonds is 14. The molecule has 40 heavy (non-hydrogen) atoms. The minimum atomic E-state index is -0.670. The Kier molecular flexibility index (Phi) is 10.1. The average molecular weight is 557 g/mol. The molecule has 0 N–H and O–H groups in total. The summed E-state index contributed by atoms with van der Waals surface area (Å²) in [5.41, 5.74) is 0.615. The van der Waals surface area contributed by atoms with E-state index in [1.807, 2.05) is 0 Å². The summed E-state index contributed by atoms with van der Waals surface area (Å²) in [5, 5.41) is 0. The SMILES string of the molecule is C=CC(=O)OCCOc1ccc(C(=O)O[C@H]2CO[C@@H]3[C@H]2OC[C@@H]3OC(=O)c2ccc(OCCOC=O)cc2)cc1. The maximum Gasteiger partial charge on any atom is 0.338 e. The first-order chi connectivity index (χ1) is 19.5. The Bertz CT molecular complexity index is 1180. The number of hydrogen-bond donors (Lipinski definition) is 0. The molecule has 2 aromatic carbocycles. The van der Waals surface area contributed by atoms with E-state index in [2.05, 4.69) is 11.3 Å². The van der Waals surface area contributed by atoms with Gasteiger partial charge < -0.3 is 37.9 Å². The molecule has 2 saturated heterocycles. The highest BCUT2D eigenvalue weighted by Gasteiger charge is 2.51. The quantitative estimate of drug-likeness (QED) is 0.110. The summed E-state index contributed by atoms with van der Waals surface area (Å²) in [6.45, 7) is 4.36. The zero-order valence-electron chi connectivity index (χ0n) is 21.4. The van der Waals surface area contributed by atoms with Gasteiger partial charge in [-0.1, -0.05) is 6.58 Å². The van der Waals surface area contributed by atoms with Gasteiger partial charge in [0.15, 0.2) is 12.2 Å². The highest BCUT2D eigenvalue weighted by molar-refractivity contribution is 5.90. The van der Waals surface area contributed by atoms with Crippen molar-refractivity contribution in [1.82, 2.24) is 0 Å². The Labute approximate surface area is 229 Å². The standard InChI is InChI=1S/C28H28O12/c1-2-24(30)36-14-13-35-21-9-5-19(6-10-21)28(32)40-23-16-38-25-22(15-37-26(23)25)39-27(31)18-3-7-20(8-4-18)34-12-11-33-17-29/h2-10,17,22-23,25-26H,1,11-16H2/t22-,23-,25-,26-/m0/s1. The van der Waals surface area contributed by atoms with Crippen LogP contribution < -0.4 is 9.47 Å². The third-order valence-corrected chi connectivity index (χ3v) is 5.96. The number of fused-ring (bicyclic) bond motifs is 1. The summed E-state index contributed by atoms with van der Waals surface area (Å²) >= 11 is 0. The predicted octanol–water partition coefficient (Wildman–Crippen LogP) is 1.89. The summed E-state index contributed by atoms with van der Waals surface area (Å²) in [6.07, 6.45) is -1.42. The molecule has 0 aromatic heterocycles. The molecule has 12 nitrogen and oxygen atoms in total. The number of carbonyl (C=O) groups is 4. The van der Waals surface area contributed by atoms with Gasteiger partial charge in [0.2, 0.25) is 0 Å². The summed E-state index contributed by atoms with van der Waals surface area (Å²) in [5.74, 6) is -0.661. The van der Waals surface area contributed by atoms with E-state index in [0.717, 1.165) is 6.08 Å². The highest BCUT2D eigenvalue weighted by Crippen LogP contribution is 2.31. The number of benzene rings is 2.